The summed E-state index contributed by atoms with van der Waals surface area (Å²) >= 11 is 1.47. The molecule has 0 N–H and O–H groups in total. The number of aryl methyl sites for hydroxylation is 6. The molecule has 0 amide bonds. The predicted octanol–water partition coefficient (Wildman–Crippen LogP) is 9.03. The van der Waals surface area contributed by atoms with Crippen LogP contribution in [0.1, 0.15) is 33.4 Å². The molecule has 42 heavy (non-hydrogen) atoms. The van der Waals surface area contributed by atoms with E-state index >= 15 is 0 Å². The molecule has 2 heterocycles. The monoisotopic (exact) mass is 766 g/mol. The molecule has 4 nitrogen and oxygen atoms in total. The van der Waals surface area contributed by atoms with Crippen LogP contribution in [0.15, 0.2) is 67.1 Å². The summed E-state index contributed by atoms with van der Waals surface area (Å²) < 4.78 is 26.3. The van der Waals surface area contributed by atoms with E-state index in [4.69, 9.17) is 0 Å². The first-order valence-corrected chi connectivity index (χ1v) is 16.3. The van der Waals surface area contributed by atoms with E-state index < -0.39 is 11.6 Å². The van der Waals surface area contributed by atoms with E-state index in [1.165, 1.54) is 62.6 Å². The maximum absolute atomic E-state index is 13.5. The van der Waals surface area contributed by atoms with Gasteiger partial charge in [0, 0.05) is 49.0 Å². The summed E-state index contributed by atoms with van der Waals surface area (Å²) in [7, 11) is 8.40. The molecule has 0 radical (unpaired) electrons. The Balaban J connectivity index is 0.000000227. The van der Waals surface area contributed by atoms with Crippen molar-refractivity contribution >= 4 is 26.6 Å². The molecule has 0 bridgehead atoms. The summed E-state index contributed by atoms with van der Waals surface area (Å²) in [6, 6.07) is 17.0. The molecule has 0 unspecified atom stereocenters. The second kappa shape index (κ2) is 14.8. The molecule has 0 fully saturated rings. The Bertz CT molecular complexity index is 1460. The van der Waals surface area contributed by atoms with Crippen molar-refractivity contribution in [2.45, 2.75) is 41.5 Å². The van der Waals surface area contributed by atoms with Gasteiger partial charge in [-0.15, -0.1) is 18.8 Å². The van der Waals surface area contributed by atoms with Gasteiger partial charge in [-0.2, -0.15) is 0 Å². The Kier molecular flexibility index (Phi) is 11.7. The third kappa shape index (κ3) is 7.97. The van der Waals surface area contributed by atoms with Gasteiger partial charge in [0.25, 0.3) is 0 Å². The van der Waals surface area contributed by atoms with Gasteiger partial charge in [0.1, 0.15) is 0 Å². The zero-order valence-electron chi connectivity index (χ0n) is 25.2. The van der Waals surface area contributed by atoms with Crippen LogP contribution < -0.4 is 14.7 Å². The van der Waals surface area contributed by atoms with E-state index in [2.05, 4.69) is 115 Å². The Morgan fingerprint density at radius 2 is 1.26 bits per heavy atom. The number of anilines is 3. The van der Waals surface area contributed by atoms with E-state index in [0.29, 0.717) is 5.69 Å². The first-order valence-electron chi connectivity index (χ1n) is 13.3. The van der Waals surface area contributed by atoms with E-state index in [0.717, 1.165) is 17.8 Å². The average Bonchev–Trinajstić information content (AvgIpc) is 3.38. The van der Waals surface area contributed by atoms with Crippen LogP contribution in [0.25, 0.3) is 11.3 Å². The molecule has 3 aromatic carbocycles. The van der Waals surface area contributed by atoms with Crippen LogP contribution in [0.2, 0.25) is 0 Å². The fourth-order valence-electron chi connectivity index (χ4n) is 5.25. The van der Waals surface area contributed by atoms with Crippen molar-refractivity contribution in [2.75, 3.05) is 28.8 Å². The number of nitrogens with zero attached hydrogens (tertiary/aromatic N) is 4. The molecule has 0 spiro atoms. The summed E-state index contributed by atoms with van der Waals surface area (Å²) in [6.07, 6.45) is 5.87. The van der Waals surface area contributed by atoms with Crippen LogP contribution >= 0.6 is 9.58 Å². The van der Waals surface area contributed by atoms with Crippen LogP contribution in [-0.4, -0.2) is 19.1 Å². The molecule has 4 aromatic rings. The van der Waals surface area contributed by atoms with Gasteiger partial charge in [-0.25, -0.2) is 0 Å². The third-order valence-electron chi connectivity index (χ3n) is 6.80. The number of pyridine rings is 1. The average molecular weight is 766 g/mol. The standard InChI is InChI=1S/C21H25N2.C13H11F2N2.ClH.Ir/c1-14-9-16(3)20(17(4)10-14)22-7-8-23(13-22)21-18(5)11-15(2)12-19(21)6;1-17(2)10-5-6-16-13(8-10)11-4-3-9(14)7-12(11)15;;/h7-13H,1-6H3;3,5-8H,1-2H3;1H;/q2*-1;;+3/p-1. The van der Waals surface area contributed by atoms with Gasteiger partial charge >= 0.3 is 27.5 Å². The molecule has 1 aromatic heterocycles. The van der Waals surface area contributed by atoms with E-state index in [1.54, 1.807) is 12.3 Å². The predicted molar refractivity (Wildman–Crippen MR) is 168 cm³/mol. The molecule has 5 rings (SSSR count). The number of hydrogen-bond donors (Lipinski definition) is 0. The first-order chi connectivity index (χ1) is 19.9. The van der Waals surface area contributed by atoms with Gasteiger partial charge in [-0.05, 0) is 88.0 Å². The summed E-state index contributed by atoms with van der Waals surface area (Å²) in [4.78, 5) is 10.4. The molecule has 0 aliphatic carbocycles. The third-order valence-corrected chi connectivity index (χ3v) is 6.80. The minimum absolute atomic E-state index is 0.176. The van der Waals surface area contributed by atoms with Crippen LogP contribution in [-0.2, 0) is 17.9 Å². The van der Waals surface area contributed by atoms with Crippen molar-refractivity contribution in [1.82, 2.24) is 4.98 Å². The summed E-state index contributed by atoms with van der Waals surface area (Å²) in [6.45, 7) is 15.2. The Morgan fingerprint density at radius 1 is 0.786 bits per heavy atom. The van der Waals surface area contributed by atoms with Gasteiger partial charge in [0.2, 0.25) is 0 Å². The fourth-order valence-corrected chi connectivity index (χ4v) is 5.25. The van der Waals surface area contributed by atoms with Crippen molar-refractivity contribution in [1.29, 1.82) is 0 Å². The molecule has 1 aliphatic heterocycles. The fraction of sp³-hybridized carbons (Fsp3) is 0.235. The number of hydrogen-bond acceptors (Lipinski definition) is 4. The number of benzene rings is 3. The van der Waals surface area contributed by atoms with Crippen LogP contribution in [0.5, 0.6) is 0 Å². The van der Waals surface area contributed by atoms with E-state index in [-0.39, 0.29) is 5.56 Å². The Morgan fingerprint density at radius 3 is 1.69 bits per heavy atom. The van der Waals surface area contributed by atoms with Gasteiger partial charge in [-0.3, -0.25) is 8.78 Å². The molecule has 1 aliphatic rings. The molecule has 0 saturated carbocycles. The Hall–Kier alpha value is -3.25. The van der Waals surface area contributed by atoms with Crippen molar-refractivity contribution < 1.29 is 26.7 Å². The summed E-state index contributed by atoms with van der Waals surface area (Å²) in [5, 5.41) is 0. The summed E-state index contributed by atoms with van der Waals surface area (Å²) in [5.41, 5.74) is 11.9. The van der Waals surface area contributed by atoms with E-state index in [9.17, 15) is 8.78 Å². The van der Waals surface area contributed by atoms with Crippen LogP contribution in [0, 0.1) is 65.9 Å². The zero-order valence-corrected chi connectivity index (χ0v) is 28.3. The molecular weight excluding hydrogens is 730 g/mol. The van der Waals surface area contributed by atoms with Gasteiger partial charge in [-0.1, -0.05) is 53.1 Å². The van der Waals surface area contributed by atoms with Gasteiger partial charge in [0.05, 0.1) is 0 Å². The SMILES string of the molecule is CN(C)c1ccnc(-c2[c-]cc(F)cc2F)c1.Cc1cc(C)c(N2C=CN(c3c(C)cc(C)cc3C)[CH-]2)c(C)c1.[Cl][Ir+2]. The molecule has 0 atom stereocenters. The number of rotatable bonds is 4. The maximum atomic E-state index is 13.5. The van der Waals surface area contributed by atoms with Gasteiger partial charge < -0.3 is 19.7 Å². The Labute approximate surface area is 263 Å². The molecule has 222 valence electrons. The quantitative estimate of drug-likeness (QED) is 0.194. The first kappa shape index (κ1) is 33.3. The summed E-state index contributed by atoms with van der Waals surface area (Å²) in [5.74, 6) is -1.30. The number of aromatic nitrogens is 1. The van der Waals surface area contributed by atoms with Crippen LogP contribution in [0.3, 0.4) is 0 Å². The van der Waals surface area contributed by atoms with Gasteiger partial charge in [0.15, 0.2) is 0 Å². The van der Waals surface area contributed by atoms with Crippen LogP contribution in [0.4, 0.5) is 25.8 Å². The molecule has 8 heteroatoms. The molecular formula is C34H36ClF2IrN4. The minimum atomic E-state index is -0.659. The second-order valence-corrected chi connectivity index (χ2v) is 10.6. The normalized spacial score (nSPS) is 12.0. The van der Waals surface area contributed by atoms with Crippen molar-refractivity contribution in [3.63, 3.8) is 0 Å². The van der Waals surface area contributed by atoms with Crippen molar-refractivity contribution in [3.05, 3.63) is 125 Å². The molecule has 0 saturated heterocycles. The number of halogens is 3. The van der Waals surface area contributed by atoms with Crippen molar-refractivity contribution in [3.8, 4) is 11.3 Å². The second-order valence-electron chi connectivity index (χ2n) is 10.6. The zero-order chi connectivity index (χ0) is 31.1. The van der Waals surface area contributed by atoms with E-state index in [1.807, 2.05) is 25.1 Å². The topological polar surface area (TPSA) is 22.6 Å². The van der Waals surface area contributed by atoms with Crippen molar-refractivity contribution in [2.24, 2.45) is 0 Å².